The molecule has 2 aliphatic rings. The van der Waals surface area contributed by atoms with Gasteiger partial charge in [-0.3, -0.25) is 0 Å². The highest BCUT2D eigenvalue weighted by atomic mass is 35.5. The number of urea groups is 1. The molecule has 7 heteroatoms. The van der Waals surface area contributed by atoms with Gasteiger partial charge in [-0.2, -0.15) is 0 Å². The van der Waals surface area contributed by atoms with E-state index < -0.39 is 0 Å². The molecule has 3 heterocycles. The molecule has 190 valence electrons. The van der Waals surface area contributed by atoms with E-state index in [-0.39, 0.29) is 12.1 Å². The molecule has 0 radical (unpaired) electrons. The molecule has 0 bridgehead atoms. The second-order valence-electron chi connectivity index (χ2n) is 10.2. The minimum Gasteiger partial charge on any atom is -0.378 e. The minimum absolute atomic E-state index is 0.149. The van der Waals surface area contributed by atoms with Crippen molar-refractivity contribution in [3.8, 4) is 5.00 Å². The number of anilines is 2. The molecule has 1 aliphatic carbocycles. The number of nitrogens with one attached hydrogen (secondary N) is 1. The average molecular weight is 531 g/mol. The van der Waals surface area contributed by atoms with Crippen molar-refractivity contribution in [3.05, 3.63) is 98.6 Å². The van der Waals surface area contributed by atoms with Crippen molar-refractivity contribution in [1.29, 1.82) is 0 Å². The van der Waals surface area contributed by atoms with Gasteiger partial charge in [0.25, 0.3) is 0 Å². The summed E-state index contributed by atoms with van der Waals surface area (Å²) in [4.78, 5) is 19.6. The molecule has 6 rings (SSSR count). The van der Waals surface area contributed by atoms with Gasteiger partial charge in [-0.05, 0) is 85.7 Å². The van der Waals surface area contributed by atoms with Gasteiger partial charge in [-0.1, -0.05) is 29.8 Å². The third-order valence-corrected chi connectivity index (χ3v) is 9.18. The number of amides is 2. The minimum atomic E-state index is -0.241. The van der Waals surface area contributed by atoms with Gasteiger partial charge in [0.1, 0.15) is 5.00 Å². The molecule has 1 N–H and O–H groups in total. The number of fused-ring (bicyclic) bond motifs is 5. The largest absolute Gasteiger partial charge is 0.378 e. The molecule has 37 heavy (non-hydrogen) atoms. The van der Waals surface area contributed by atoms with E-state index in [4.69, 9.17) is 11.6 Å². The van der Waals surface area contributed by atoms with E-state index in [9.17, 15) is 4.79 Å². The lowest BCUT2D eigenvalue weighted by Gasteiger charge is -2.32. The summed E-state index contributed by atoms with van der Waals surface area (Å²) in [6.07, 6.45) is 6.80. The van der Waals surface area contributed by atoms with E-state index in [1.54, 1.807) is 0 Å². The second-order valence-corrected chi connectivity index (χ2v) is 11.7. The van der Waals surface area contributed by atoms with Gasteiger partial charge >= 0.3 is 6.03 Å². The Morgan fingerprint density at radius 2 is 1.84 bits per heavy atom. The van der Waals surface area contributed by atoms with Crippen molar-refractivity contribution in [1.82, 2.24) is 9.47 Å². The number of nitrogens with zero attached hydrogens (tertiary/aromatic N) is 3. The van der Waals surface area contributed by atoms with Crippen molar-refractivity contribution in [2.45, 2.75) is 45.2 Å². The van der Waals surface area contributed by atoms with Gasteiger partial charge in [-0.15, -0.1) is 11.3 Å². The van der Waals surface area contributed by atoms with Crippen molar-refractivity contribution in [2.75, 3.05) is 24.3 Å². The number of benzene rings is 2. The van der Waals surface area contributed by atoms with Gasteiger partial charge in [0.05, 0.1) is 29.0 Å². The van der Waals surface area contributed by atoms with Crippen LogP contribution in [0.2, 0.25) is 5.02 Å². The molecule has 0 fully saturated rings. The summed E-state index contributed by atoms with van der Waals surface area (Å²) in [5.41, 5.74) is 7.73. The maximum Gasteiger partial charge on any atom is 0.323 e. The molecule has 2 aromatic carbocycles. The Balaban J connectivity index is 1.48. The fourth-order valence-electron chi connectivity index (χ4n) is 5.60. The smallest absolute Gasteiger partial charge is 0.323 e. The normalized spacial score (nSPS) is 16.4. The van der Waals surface area contributed by atoms with Crippen molar-refractivity contribution in [2.24, 2.45) is 0 Å². The van der Waals surface area contributed by atoms with Crippen LogP contribution in [-0.2, 0) is 19.4 Å². The van der Waals surface area contributed by atoms with Crippen LogP contribution < -0.4 is 10.2 Å². The van der Waals surface area contributed by atoms with Gasteiger partial charge in [0.15, 0.2) is 0 Å². The number of carbonyl (C=O) groups is 1. The van der Waals surface area contributed by atoms with Crippen LogP contribution in [0, 0.1) is 6.92 Å². The van der Waals surface area contributed by atoms with Crippen LogP contribution in [-0.4, -0.2) is 29.6 Å². The first-order valence-electron chi connectivity index (χ1n) is 12.8. The lowest BCUT2D eigenvalue weighted by Crippen LogP contribution is -2.38. The van der Waals surface area contributed by atoms with E-state index in [1.165, 1.54) is 33.8 Å². The molecule has 1 atom stereocenters. The van der Waals surface area contributed by atoms with E-state index in [0.717, 1.165) is 35.3 Å². The third kappa shape index (κ3) is 4.32. The molecule has 4 aromatic rings. The summed E-state index contributed by atoms with van der Waals surface area (Å²) in [6.45, 7) is 2.55. The first-order chi connectivity index (χ1) is 17.9. The van der Waals surface area contributed by atoms with Crippen LogP contribution >= 0.6 is 22.9 Å². The summed E-state index contributed by atoms with van der Waals surface area (Å²) in [7, 11) is 4.08. The number of hydrogen-bond acceptors (Lipinski definition) is 3. The molecule has 2 aromatic heterocycles. The molecular formula is C30H31ClN4OS. The molecule has 0 spiro atoms. The highest BCUT2D eigenvalue weighted by molar-refractivity contribution is 7.15. The Morgan fingerprint density at radius 3 is 2.59 bits per heavy atom. The fourth-order valence-corrected chi connectivity index (χ4v) is 7.29. The maximum absolute atomic E-state index is 14.1. The highest BCUT2D eigenvalue weighted by Crippen LogP contribution is 2.44. The molecule has 0 saturated carbocycles. The Labute approximate surface area is 227 Å². The topological polar surface area (TPSA) is 40.5 Å². The van der Waals surface area contributed by atoms with Crippen molar-refractivity contribution >= 4 is 40.3 Å². The van der Waals surface area contributed by atoms with Crippen LogP contribution in [0.15, 0.2) is 60.8 Å². The number of aromatic nitrogens is 1. The Morgan fingerprint density at radius 1 is 1.05 bits per heavy atom. The van der Waals surface area contributed by atoms with E-state index in [0.29, 0.717) is 17.3 Å². The van der Waals surface area contributed by atoms with Crippen LogP contribution in [0.25, 0.3) is 5.00 Å². The first-order valence-corrected chi connectivity index (χ1v) is 14.0. The van der Waals surface area contributed by atoms with Gasteiger partial charge in [-0.25, -0.2) is 4.79 Å². The zero-order valence-corrected chi connectivity index (χ0v) is 23.0. The average Bonchev–Trinajstić information content (AvgIpc) is 3.47. The van der Waals surface area contributed by atoms with Crippen LogP contribution in [0.3, 0.4) is 0 Å². The van der Waals surface area contributed by atoms with Crippen LogP contribution in [0.4, 0.5) is 16.2 Å². The number of carbonyl (C=O) groups excluding carboxylic acids is 1. The third-order valence-electron chi connectivity index (χ3n) is 7.53. The van der Waals surface area contributed by atoms with Crippen LogP contribution in [0.5, 0.6) is 0 Å². The number of hydrogen-bond donors (Lipinski definition) is 1. The Bertz CT molecular complexity index is 1470. The monoisotopic (exact) mass is 530 g/mol. The molecule has 1 aliphatic heterocycles. The quantitative estimate of drug-likeness (QED) is 0.296. The molecular weight excluding hydrogens is 500 g/mol. The van der Waals surface area contributed by atoms with E-state index in [1.807, 2.05) is 55.5 Å². The molecule has 0 saturated heterocycles. The molecule has 2 amide bonds. The van der Waals surface area contributed by atoms with Gasteiger partial charge in [0.2, 0.25) is 0 Å². The highest BCUT2D eigenvalue weighted by Gasteiger charge is 2.36. The first kappa shape index (κ1) is 24.1. The number of thiophene rings is 1. The number of aryl methyl sites for hydroxylation is 2. The molecule has 0 unspecified atom stereocenters. The summed E-state index contributed by atoms with van der Waals surface area (Å²) < 4.78 is 2.31. The SMILES string of the molecule is Cc1ccc(NC(=O)N2Cc3c(sc4c3CCCC4)-n3cccc3[C@H]2c2ccc(N(C)C)cc2)c(Cl)c1. The lowest BCUT2D eigenvalue weighted by atomic mass is 9.95. The summed E-state index contributed by atoms with van der Waals surface area (Å²) in [5.74, 6) is 0. The number of rotatable bonds is 3. The van der Waals surface area contributed by atoms with Gasteiger partial charge in [0, 0.05) is 36.4 Å². The molecule has 5 nitrogen and oxygen atoms in total. The maximum atomic E-state index is 14.1. The predicted octanol–water partition coefficient (Wildman–Crippen LogP) is 7.58. The van der Waals surface area contributed by atoms with Gasteiger partial charge < -0.3 is 19.7 Å². The lowest BCUT2D eigenvalue weighted by molar-refractivity contribution is 0.194. The fraction of sp³-hybridized carbons (Fsp3) is 0.300. The summed E-state index contributed by atoms with van der Waals surface area (Å²) in [5, 5.41) is 4.93. The van der Waals surface area contributed by atoms with Crippen LogP contribution in [0.1, 0.15) is 51.7 Å². The summed E-state index contributed by atoms with van der Waals surface area (Å²) in [6, 6.07) is 18.1. The summed E-state index contributed by atoms with van der Waals surface area (Å²) >= 11 is 8.43. The van der Waals surface area contributed by atoms with Crippen molar-refractivity contribution < 1.29 is 4.79 Å². The van der Waals surface area contributed by atoms with Crippen molar-refractivity contribution in [3.63, 3.8) is 0 Å². The standard InChI is InChI=1S/C30H31ClN4OS/c1-19-10-15-25(24(31)17-19)32-30(36)35-18-23-22-7-4-5-9-27(22)37-29(23)34-16-6-8-26(34)28(35)20-11-13-21(14-12-20)33(2)3/h6,8,10-17,28H,4-5,7,9,18H2,1-3H3,(H,32,36)/t28-/m1/s1. The van der Waals surface area contributed by atoms with E-state index >= 15 is 0 Å². The Hall–Kier alpha value is -3.22. The second kappa shape index (κ2) is 9.58. The Kier molecular flexibility index (Phi) is 6.25. The zero-order chi connectivity index (χ0) is 25.7. The number of halogens is 1. The van der Waals surface area contributed by atoms with E-state index in [2.05, 4.69) is 57.4 Å². The predicted molar refractivity (Wildman–Crippen MR) is 154 cm³/mol. The zero-order valence-electron chi connectivity index (χ0n) is 21.4.